The Labute approximate surface area is 189 Å². The summed E-state index contributed by atoms with van der Waals surface area (Å²) in [5.41, 5.74) is 3.31. The van der Waals surface area contributed by atoms with Crippen LogP contribution in [0.4, 0.5) is 15.8 Å². The van der Waals surface area contributed by atoms with Crippen molar-refractivity contribution in [3.63, 3.8) is 0 Å². The van der Waals surface area contributed by atoms with Crippen LogP contribution in [0.5, 0.6) is 0 Å². The average molecular weight is 446 g/mol. The largest absolute Gasteiger partial charge is 0.325 e. The Morgan fingerprint density at radius 2 is 1.81 bits per heavy atom. The summed E-state index contributed by atoms with van der Waals surface area (Å²) >= 11 is 1.18. The van der Waals surface area contributed by atoms with Crippen molar-refractivity contribution >= 4 is 46.2 Å². The van der Waals surface area contributed by atoms with Gasteiger partial charge in [0.05, 0.1) is 11.4 Å². The van der Waals surface area contributed by atoms with Gasteiger partial charge in [-0.3, -0.25) is 14.5 Å². The van der Waals surface area contributed by atoms with E-state index in [0.29, 0.717) is 16.4 Å². The smallest absolute Gasteiger partial charge is 0.283 e. The fourth-order valence-corrected chi connectivity index (χ4v) is 3.98. The van der Waals surface area contributed by atoms with Gasteiger partial charge in [-0.2, -0.15) is 0 Å². The van der Waals surface area contributed by atoms with Gasteiger partial charge >= 0.3 is 0 Å². The van der Waals surface area contributed by atoms with Crippen LogP contribution in [0.15, 0.2) is 89.6 Å². The zero-order chi connectivity index (χ0) is 22.5. The zero-order valence-corrected chi connectivity index (χ0v) is 18.1. The minimum absolute atomic E-state index is 0.0905. The molecule has 5 nitrogen and oxygen atoms in total. The summed E-state index contributed by atoms with van der Waals surface area (Å²) in [6, 6.07) is 22.5. The number of amidine groups is 1. The van der Waals surface area contributed by atoms with Crippen molar-refractivity contribution in [3.05, 3.63) is 102 Å². The van der Waals surface area contributed by atoms with Crippen molar-refractivity contribution in [2.75, 3.05) is 16.0 Å². The predicted molar refractivity (Wildman–Crippen MR) is 128 cm³/mol. The Morgan fingerprint density at radius 3 is 2.53 bits per heavy atom. The maximum absolute atomic E-state index is 13.2. The molecular formula is C25H20FN3O2S. The molecule has 2 amide bonds. The van der Waals surface area contributed by atoms with Crippen LogP contribution < -0.4 is 10.2 Å². The number of aryl methyl sites for hydroxylation is 1. The number of aliphatic imine (C=N–C) groups is 1. The van der Waals surface area contributed by atoms with Crippen molar-refractivity contribution in [2.24, 2.45) is 4.99 Å². The number of benzene rings is 3. The molecule has 160 valence electrons. The number of rotatable bonds is 5. The van der Waals surface area contributed by atoms with Crippen LogP contribution in [0.2, 0.25) is 0 Å². The molecule has 1 N–H and O–H groups in total. The molecule has 3 aromatic carbocycles. The molecule has 0 aromatic heterocycles. The second kappa shape index (κ2) is 9.62. The number of amides is 2. The Hall–Kier alpha value is -3.71. The Kier molecular flexibility index (Phi) is 6.47. The quantitative estimate of drug-likeness (QED) is 0.546. The molecule has 1 aliphatic heterocycles. The third kappa shape index (κ3) is 5.12. The lowest BCUT2D eigenvalue weighted by atomic mass is 10.2. The first kappa shape index (κ1) is 21.5. The van der Waals surface area contributed by atoms with Crippen LogP contribution in [0.1, 0.15) is 11.1 Å². The van der Waals surface area contributed by atoms with E-state index < -0.39 is 0 Å². The molecule has 0 spiro atoms. The van der Waals surface area contributed by atoms with Crippen LogP contribution >= 0.6 is 11.8 Å². The van der Waals surface area contributed by atoms with Gasteiger partial charge in [0.2, 0.25) is 5.91 Å². The van der Waals surface area contributed by atoms with E-state index in [1.807, 2.05) is 61.5 Å². The van der Waals surface area contributed by atoms with E-state index >= 15 is 0 Å². The standard InChI is InChI=1S/C25H20FN3O2S/c1-17-6-5-7-20(14-17)27-23(30)16-32-25-28-22(15-18-10-12-19(26)13-11-18)24(31)29(25)21-8-3-2-4-9-21/h2-15H,16H2,1H3,(H,27,30). The van der Waals surface area contributed by atoms with Gasteiger partial charge in [-0.15, -0.1) is 0 Å². The topological polar surface area (TPSA) is 61.8 Å². The number of anilines is 2. The first-order valence-electron chi connectivity index (χ1n) is 9.94. The van der Waals surface area contributed by atoms with Gasteiger partial charge in [-0.1, -0.05) is 54.2 Å². The molecule has 0 saturated carbocycles. The SMILES string of the molecule is Cc1cccc(NC(=O)CSC2=NC(=Cc3ccc(F)cc3)C(=O)N2c2ccccc2)c1. The fourth-order valence-electron chi connectivity index (χ4n) is 3.16. The van der Waals surface area contributed by atoms with E-state index in [0.717, 1.165) is 11.3 Å². The van der Waals surface area contributed by atoms with Crippen molar-refractivity contribution in [2.45, 2.75) is 6.92 Å². The third-order valence-electron chi connectivity index (χ3n) is 4.65. The molecule has 32 heavy (non-hydrogen) atoms. The number of hydrogen-bond donors (Lipinski definition) is 1. The molecular weight excluding hydrogens is 425 g/mol. The molecule has 0 unspecified atom stereocenters. The minimum Gasteiger partial charge on any atom is -0.325 e. The first-order chi connectivity index (χ1) is 15.5. The van der Waals surface area contributed by atoms with Gasteiger partial charge in [0.1, 0.15) is 11.5 Å². The van der Waals surface area contributed by atoms with Crippen LogP contribution in [-0.4, -0.2) is 22.7 Å². The molecule has 0 atom stereocenters. The maximum Gasteiger partial charge on any atom is 0.283 e. The molecule has 4 rings (SSSR count). The van der Waals surface area contributed by atoms with Gasteiger partial charge in [0.15, 0.2) is 5.17 Å². The predicted octanol–water partition coefficient (Wildman–Crippen LogP) is 5.25. The van der Waals surface area contributed by atoms with Crippen molar-refractivity contribution < 1.29 is 14.0 Å². The molecule has 0 bridgehead atoms. The van der Waals surface area contributed by atoms with E-state index in [9.17, 15) is 14.0 Å². The number of nitrogens with one attached hydrogen (secondary N) is 1. The Balaban J connectivity index is 1.55. The lowest BCUT2D eigenvalue weighted by molar-refractivity contribution is -0.114. The monoisotopic (exact) mass is 445 g/mol. The molecule has 7 heteroatoms. The normalized spacial score (nSPS) is 14.6. The van der Waals surface area contributed by atoms with Crippen LogP contribution in [0.3, 0.4) is 0 Å². The fraction of sp³-hybridized carbons (Fsp3) is 0.0800. The molecule has 0 radical (unpaired) electrons. The van der Waals surface area contributed by atoms with E-state index in [1.54, 1.807) is 18.2 Å². The number of carbonyl (C=O) groups is 2. The van der Waals surface area contributed by atoms with Gasteiger partial charge in [-0.05, 0) is 60.5 Å². The highest BCUT2D eigenvalue weighted by atomic mass is 32.2. The molecule has 0 fully saturated rings. The van der Waals surface area contributed by atoms with Gasteiger partial charge in [-0.25, -0.2) is 9.38 Å². The summed E-state index contributed by atoms with van der Waals surface area (Å²) < 4.78 is 13.2. The number of nitrogens with zero attached hydrogens (tertiary/aromatic N) is 2. The molecule has 0 aliphatic carbocycles. The third-order valence-corrected chi connectivity index (χ3v) is 5.59. The first-order valence-corrected chi connectivity index (χ1v) is 10.9. The highest BCUT2D eigenvalue weighted by Crippen LogP contribution is 2.29. The molecule has 1 heterocycles. The lowest BCUT2D eigenvalue weighted by Crippen LogP contribution is -2.31. The van der Waals surface area contributed by atoms with Crippen molar-refractivity contribution in [1.82, 2.24) is 0 Å². The van der Waals surface area contributed by atoms with E-state index in [-0.39, 0.29) is 29.1 Å². The number of hydrogen-bond acceptors (Lipinski definition) is 4. The molecule has 1 aliphatic rings. The summed E-state index contributed by atoms with van der Waals surface area (Å²) in [7, 11) is 0. The van der Waals surface area contributed by atoms with E-state index in [1.165, 1.54) is 28.8 Å². The second-order valence-electron chi connectivity index (χ2n) is 7.16. The van der Waals surface area contributed by atoms with Gasteiger partial charge in [0.25, 0.3) is 5.91 Å². The molecule has 3 aromatic rings. The van der Waals surface area contributed by atoms with Crippen molar-refractivity contribution in [3.8, 4) is 0 Å². The lowest BCUT2D eigenvalue weighted by Gasteiger charge is -2.17. The van der Waals surface area contributed by atoms with E-state index in [2.05, 4.69) is 10.3 Å². The Morgan fingerprint density at radius 1 is 1.06 bits per heavy atom. The number of thioether (sulfide) groups is 1. The minimum atomic E-state index is -0.352. The maximum atomic E-state index is 13.2. The van der Waals surface area contributed by atoms with Crippen molar-refractivity contribution in [1.29, 1.82) is 0 Å². The summed E-state index contributed by atoms with van der Waals surface area (Å²) in [5, 5.41) is 3.27. The highest BCUT2D eigenvalue weighted by Gasteiger charge is 2.32. The van der Waals surface area contributed by atoms with E-state index in [4.69, 9.17) is 0 Å². The number of carbonyl (C=O) groups excluding carboxylic acids is 2. The van der Waals surface area contributed by atoms with Crippen LogP contribution in [0.25, 0.3) is 6.08 Å². The average Bonchev–Trinajstić information content (AvgIpc) is 3.09. The van der Waals surface area contributed by atoms with Crippen LogP contribution in [-0.2, 0) is 9.59 Å². The molecule has 0 saturated heterocycles. The Bertz CT molecular complexity index is 1210. The summed E-state index contributed by atoms with van der Waals surface area (Å²) in [6.45, 7) is 1.95. The zero-order valence-electron chi connectivity index (χ0n) is 17.3. The van der Waals surface area contributed by atoms with Crippen LogP contribution in [0, 0.1) is 12.7 Å². The number of para-hydroxylation sites is 1. The summed E-state index contributed by atoms with van der Waals surface area (Å²) in [6.07, 6.45) is 1.61. The second-order valence-corrected chi connectivity index (χ2v) is 8.10. The van der Waals surface area contributed by atoms with Gasteiger partial charge < -0.3 is 5.32 Å². The van der Waals surface area contributed by atoms with Gasteiger partial charge in [0, 0.05) is 5.69 Å². The number of halogens is 1. The summed E-state index contributed by atoms with van der Waals surface area (Å²) in [5.74, 6) is -0.759. The highest BCUT2D eigenvalue weighted by molar-refractivity contribution is 8.14. The summed E-state index contributed by atoms with van der Waals surface area (Å²) in [4.78, 5) is 31.6.